The minimum absolute atomic E-state index is 0.110. The number of aryl methyl sites for hydroxylation is 1. The molecule has 0 aliphatic heterocycles. The second kappa shape index (κ2) is 11.5. The number of halogens is 3. The molecule has 4 rings (SSSR count). The first kappa shape index (κ1) is 31.2. The number of benzene rings is 2. The molecule has 5 unspecified atom stereocenters. The first-order chi connectivity index (χ1) is 19.2. The third-order valence-electron chi connectivity index (χ3n) is 9.95. The number of methoxy groups -OCH3 is 3. The summed E-state index contributed by atoms with van der Waals surface area (Å²) in [5, 5.41) is 0. The first-order valence-corrected chi connectivity index (χ1v) is 14.4. The Morgan fingerprint density at radius 2 is 1.68 bits per heavy atom. The highest BCUT2D eigenvalue weighted by atomic mass is 19.4. The number of hydrogen-bond donors (Lipinski definition) is 0. The van der Waals surface area contributed by atoms with Crippen molar-refractivity contribution in [2.75, 3.05) is 21.3 Å². The van der Waals surface area contributed by atoms with Gasteiger partial charge in [0.15, 0.2) is 0 Å². The fraction of sp³-hybridized carbons (Fsp3) is 0.606. The van der Waals surface area contributed by atoms with Crippen LogP contribution in [0.15, 0.2) is 42.5 Å². The number of ether oxygens (including phenoxy) is 4. The van der Waals surface area contributed by atoms with E-state index in [9.17, 15) is 18.0 Å². The monoisotopic (exact) mass is 576 g/mol. The summed E-state index contributed by atoms with van der Waals surface area (Å²) in [6.07, 6.45) is -0.786. The van der Waals surface area contributed by atoms with Gasteiger partial charge in [-0.2, -0.15) is 13.2 Å². The van der Waals surface area contributed by atoms with Gasteiger partial charge < -0.3 is 18.9 Å². The Hall–Kier alpha value is -2.74. The molecule has 0 N–H and O–H groups in total. The lowest BCUT2D eigenvalue weighted by atomic mass is 9.59. The predicted molar refractivity (Wildman–Crippen MR) is 151 cm³/mol. The third kappa shape index (κ3) is 5.44. The lowest BCUT2D eigenvalue weighted by Gasteiger charge is -2.49. The fourth-order valence-corrected chi connectivity index (χ4v) is 7.49. The second-order valence-corrected chi connectivity index (χ2v) is 12.6. The number of carbonyl (C=O) groups is 1. The smallest absolute Gasteiger partial charge is 0.432 e. The average Bonchev–Trinajstić information content (AvgIpc) is 3.26. The Bertz CT molecular complexity index is 1230. The van der Waals surface area contributed by atoms with Crippen molar-refractivity contribution in [2.24, 2.45) is 17.3 Å². The Morgan fingerprint density at radius 1 is 1.00 bits per heavy atom. The van der Waals surface area contributed by atoms with Gasteiger partial charge in [0.25, 0.3) is 5.60 Å². The molecule has 0 saturated heterocycles. The van der Waals surface area contributed by atoms with Gasteiger partial charge in [0.2, 0.25) is 0 Å². The highest BCUT2D eigenvalue weighted by Crippen LogP contribution is 2.53. The van der Waals surface area contributed by atoms with Crippen LogP contribution in [-0.2, 0) is 31.7 Å². The molecule has 226 valence electrons. The molecule has 1 fully saturated rings. The van der Waals surface area contributed by atoms with Gasteiger partial charge in [0, 0.05) is 29.7 Å². The summed E-state index contributed by atoms with van der Waals surface area (Å²) in [6, 6.07) is 11.0. The van der Waals surface area contributed by atoms with Crippen LogP contribution in [0.5, 0.6) is 11.5 Å². The van der Waals surface area contributed by atoms with Gasteiger partial charge in [-0.3, -0.25) is 0 Å². The molecule has 2 aromatic rings. The van der Waals surface area contributed by atoms with Gasteiger partial charge in [-0.1, -0.05) is 58.0 Å². The number of carbonyl (C=O) groups excluding carboxylic acids is 1. The molecule has 0 aromatic heterocycles. The normalized spacial score (nSPS) is 27.0. The molecular weight excluding hydrogens is 533 g/mol. The van der Waals surface area contributed by atoms with Crippen LogP contribution in [0.1, 0.15) is 76.5 Å². The molecule has 2 aliphatic rings. The Kier molecular flexibility index (Phi) is 8.75. The molecule has 1 saturated carbocycles. The molecule has 0 heterocycles. The fourth-order valence-electron chi connectivity index (χ4n) is 7.49. The van der Waals surface area contributed by atoms with Gasteiger partial charge in [0.1, 0.15) is 17.6 Å². The number of alkyl halides is 3. The van der Waals surface area contributed by atoms with E-state index in [0.29, 0.717) is 12.3 Å². The van der Waals surface area contributed by atoms with Crippen LogP contribution in [0.3, 0.4) is 0 Å². The van der Waals surface area contributed by atoms with Crippen LogP contribution in [-0.4, -0.2) is 39.6 Å². The Balaban J connectivity index is 1.57. The molecule has 0 amide bonds. The number of rotatable bonds is 9. The van der Waals surface area contributed by atoms with Crippen LogP contribution in [0.25, 0.3) is 0 Å². The highest BCUT2D eigenvalue weighted by molar-refractivity contribution is 5.83. The van der Waals surface area contributed by atoms with E-state index in [2.05, 4.69) is 19.9 Å². The van der Waals surface area contributed by atoms with Gasteiger partial charge in [-0.15, -0.1) is 0 Å². The number of esters is 1. The zero-order chi connectivity index (χ0) is 30.2. The first-order valence-electron chi connectivity index (χ1n) is 14.4. The molecule has 5 atom stereocenters. The van der Waals surface area contributed by atoms with Gasteiger partial charge in [-0.25, -0.2) is 4.79 Å². The van der Waals surface area contributed by atoms with E-state index < -0.39 is 29.3 Å². The SMILES string of the molecule is COc1cc2c(c(OC)c1)C(C)(CCC1C(C)CCC(OC(=O)C(OC)(c3ccccc3)C(F)(F)F)C1(C)C)CC2. The molecular formula is C33H43F3O5. The largest absolute Gasteiger partial charge is 0.497 e. The van der Waals surface area contributed by atoms with Crippen molar-refractivity contribution >= 4 is 5.97 Å². The summed E-state index contributed by atoms with van der Waals surface area (Å²) in [4.78, 5) is 13.5. The standard InChI is InChI=1S/C33H43F3O5/c1-21-13-14-27(41-29(37)32(40-7,33(34,35)36)23-11-9-8-10-12-23)30(2,3)25(21)16-18-31(4)17-15-22-19-24(38-5)20-26(39-6)28(22)31/h8-12,19-21,25,27H,13-18H2,1-7H3. The zero-order valence-corrected chi connectivity index (χ0v) is 25.2. The second-order valence-electron chi connectivity index (χ2n) is 12.6. The molecule has 0 bridgehead atoms. The minimum Gasteiger partial charge on any atom is -0.497 e. The van der Waals surface area contributed by atoms with Crippen molar-refractivity contribution < 1.29 is 36.9 Å². The van der Waals surface area contributed by atoms with Crippen LogP contribution in [0.4, 0.5) is 13.2 Å². The summed E-state index contributed by atoms with van der Waals surface area (Å²) in [6.45, 7) is 8.50. The summed E-state index contributed by atoms with van der Waals surface area (Å²) < 4.78 is 65.6. The maximum Gasteiger partial charge on any atom is 0.432 e. The van der Waals surface area contributed by atoms with E-state index >= 15 is 0 Å². The van der Waals surface area contributed by atoms with Crippen LogP contribution in [0, 0.1) is 17.3 Å². The van der Waals surface area contributed by atoms with E-state index in [1.807, 2.05) is 19.9 Å². The molecule has 2 aliphatic carbocycles. The Morgan fingerprint density at radius 3 is 2.27 bits per heavy atom. The summed E-state index contributed by atoms with van der Waals surface area (Å²) in [5.74, 6) is 0.648. The van der Waals surface area contributed by atoms with Crippen molar-refractivity contribution in [1.82, 2.24) is 0 Å². The topological polar surface area (TPSA) is 54.0 Å². The molecule has 0 radical (unpaired) electrons. The highest BCUT2D eigenvalue weighted by Gasteiger charge is 2.65. The molecule has 41 heavy (non-hydrogen) atoms. The van der Waals surface area contributed by atoms with E-state index in [1.165, 1.54) is 35.4 Å². The van der Waals surface area contributed by atoms with Crippen molar-refractivity contribution in [3.8, 4) is 11.5 Å². The van der Waals surface area contributed by atoms with E-state index in [4.69, 9.17) is 18.9 Å². The summed E-state index contributed by atoms with van der Waals surface area (Å²) in [7, 11) is 4.23. The number of fused-ring (bicyclic) bond motifs is 1. The van der Waals surface area contributed by atoms with Gasteiger partial charge in [-0.05, 0) is 67.4 Å². The van der Waals surface area contributed by atoms with Crippen molar-refractivity contribution in [2.45, 2.75) is 89.5 Å². The summed E-state index contributed by atoms with van der Waals surface area (Å²) >= 11 is 0. The van der Waals surface area contributed by atoms with Crippen molar-refractivity contribution in [1.29, 1.82) is 0 Å². The molecule has 2 aromatic carbocycles. The maximum atomic E-state index is 14.5. The molecule has 0 spiro atoms. The van der Waals surface area contributed by atoms with Crippen LogP contribution in [0.2, 0.25) is 0 Å². The van der Waals surface area contributed by atoms with Crippen molar-refractivity contribution in [3.05, 3.63) is 59.2 Å². The van der Waals surface area contributed by atoms with Crippen molar-refractivity contribution in [3.63, 3.8) is 0 Å². The average molecular weight is 577 g/mol. The maximum absolute atomic E-state index is 14.5. The lowest BCUT2D eigenvalue weighted by molar-refractivity contribution is -0.281. The predicted octanol–water partition coefficient (Wildman–Crippen LogP) is 7.78. The van der Waals surface area contributed by atoms with Gasteiger partial charge >= 0.3 is 12.1 Å². The van der Waals surface area contributed by atoms with Crippen LogP contribution < -0.4 is 9.47 Å². The third-order valence-corrected chi connectivity index (χ3v) is 9.95. The summed E-state index contributed by atoms with van der Waals surface area (Å²) in [5.41, 5.74) is -1.70. The zero-order valence-electron chi connectivity index (χ0n) is 25.2. The van der Waals surface area contributed by atoms with Crippen LogP contribution >= 0.6 is 0 Å². The molecule has 5 nitrogen and oxygen atoms in total. The molecule has 8 heteroatoms. The Labute approximate surface area is 241 Å². The lowest BCUT2D eigenvalue weighted by Crippen LogP contribution is -2.55. The van der Waals surface area contributed by atoms with E-state index in [-0.39, 0.29) is 16.9 Å². The number of hydrogen-bond acceptors (Lipinski definition) is 5. The minimum atomic E-state index is -5.00. The van der Waals surface area contributed by atoms with E-state index in [1.54, 1.807) is 20.3 Å². The van der Waals surface area contributed by atoms with E-state index in [0.717, 1.165) is 50.7 Å². The quantitative estimate of drug-likeness (QED) is 0.286. The van der Waals surface area contributed by atoms with Gasteiger partial charge in [0.05, 0.1) is 14.2 Å².